The van der Waals surface area contributed by atoms with Crippen LogP contribution in [-0.4, -0.2) is 42.3 Å². The Hall–Kier alpha value is -1.37. The van der Waals surface area contributed by atoms with Gasteiger partial charge in [0, 0.05) is 11.9 Å². The van der Waals surface area contributed by atoms with Crippen LogP contribution in [0.1, 0.15) is 24.3 Å². The van der Waals surface area contributed by atoms with Crippen molar-refractivity contribution < 1.29 is 19.6 Å². The molecule has 6 heteroatoms. The molecule has 1 aliphatic heterocycles. The summed E-state index contributed by atoms with van der Waals surface area (Å²) >= 11 is 0. The summed E-state index contributed by atoms with van der Waals surface area (Å²) in [7, 11) is 0.797. The molecule has 5 nitrogen and oxygen atoms in total. The second kappa shape index (κ2) is 6.19. The molecule has 0 spiro atoms. The smallest absolute Gasteiger partial charge is 0.472 e. The number of rotatable bonds is 4. The lowest BCUT2D eigenvalue weighted by Gasteiger charge is -2.37. The lowest BCUT2D eigenvalue weighted by atomic mass is 9.67. The summed E-state index contributed by atoms with van der Waals surface area (Å²) in [6, 6.07) is 9.70. The molecule has 1 aromatic rings. The molecular weight excluding hydrogens is 245 g/mol. The van der Waals surface area contributed by atoms with E-state index >= 15 is 0 Å². The first-order valence-corrected chi connectivity index (χ1v) is 6.39. The Bertz CT molecular complexity index is 428. The third-order valence-electron chi connectivity index (χ3n) is 3.59. The third kappa shape index (κ3) is 3.35. The largest absolute Gasteiger partial charge is 0.481 e. The van der Waals surface area contributed by atoms with Crippen LogP contribution in [0.5, 0.6) is 0 Å². The van der Waals surface area contributed by atoms with E-state index in [2.05, 4.69) is 5.32 Å². The molecule has 0 aliphatic carbocycles. The summed E-state index contributed by atoms with van der Waals surface area (Å²) in [6.07, 6.45) is 0.0478. The Kier molecular flexibility index (Phi) is 4.58. The maximum atomic E-state index is 10.9. The number of hydrogen-bond donors (Lipinski definition) is 3. The van der Waals surface area contributed by atoms with Gasteiger partial charge in [-0.1, -0.05) is 30.3 Å². The molecule has 3 atom stereocenters. The van der Waals surface area contributed by atoms with E-state index in [9.17, 15) is 9.82 Å². The van der Waals surface area contributed by atoms with Gasteiger partial charge in [0.1, 0.15) is 0 Å². The van der Waals surface area contributed by atoms with Gasteiger partial charge in [-0.3, -0.25) is 4.79 Å². The predicted octanol–water partition coefficient (Wildman–Crippen LogP) is 0.641. The molecule has 2 rings (SSSR count). The zero-order chi connectivity index (χ0) is 13.8. The van der Waals surface area contributed by atoms with E-state index in [0.717, 1.165) is 5.56 Å². The van der Waals surface area contributed by atoms with Gasteiger partial charge in [0.15, 0.2) is 0 Å². The quantitative estimate of drug-likeness (QED) is 0.695. The number of carboxylic acids is 1. The third-order valence-corrected chi connectivity index (χ3v) is 3.59. The topological polar surface area (TPSA) is 78.8 Å². The second-order valence-corrected chi connectivity index (χ2v) is 4.81. The molecule has 0 saturated carbocycles. The molecule has 1 heterocycles. The van der Waals surface area contributed by atoms with Crippen molar-refractivity contribution in [3.05, 3.63) is 35.9 Å². The van der Waals surface area contributed by atoms with Gasteiger partial charge >= 0.3 is 13.1 Å². The average molecular weight is 263 g/mol. The van der Waals surface area contributed by atoms with Crippen molar-refractivity contribution in [3.8, 4) is 0 Å². The fourth-order valence-corrected chi connectivity index (χ4v) is 2.58. The van der Waals surface area contributed by atoms with Gasteiger partial charge in [-0.15, -0.1) is 0 Å². The molecule has 0 radical (unpaired) electrons. The fourth-order valence-electron chi connectivity index (χ4n) is 2.58. The molecule has 0 bridgehead atoms. The first kappa shape index (κ1) is 14.1. The Morgan fingerprint density at radius 2 is 2.16 bits per heavy atom. The van der Waals surface area contributed by atoms with Gasteiger partial charge in [-0.2, -0.15) is 0 Å². The Morgan fingerprint density at radius 3 is 2.74 bits per heavy atom. The van der Waals surface area contributed by atoms with Crippen LogP contribution in [0.15, 0.2) is 30.3 Å². The monoisotopic (exact) mass is 263 g/mol. The van der Waals surface area contributed by atoms with Crippen LogP contribution in [0.3, 0.4) is 0 Å². The van der Waals surface area contributed by atoms with Crippen LogP contribution in [0.25, 0.3) is 0 Å². The van der Waals surface area contributed by atoms with E-state index in [1.807, 2.05) is 30.3 Å². The summed E-state index contributed by atoms with van der Waals surface area (Å²) in [5.41, 5.74) is 1.04. The zero-order valence-corrected chi connectivity index (χ0v) is 10.8. The second-order valence-electron chi connectivity index (χ2n) is 4.81. The number of nitrogens with one attached hydrogen (secondary N) is 1. The minimum Gasteiger partial charge on any atom is -0.481 e. The first-order chi connectivity index (χ1) is 9.11. The molecule has 1 saturated heterocycles. The van der Waals surface area contributed by atoms with Crippen LogP contribution in [0.2, 0.25) is 0 Å². The fraction of sp³-hybridized carbons (Fsp3) is 0.462. The van der Waals surface area contributed by atoms with Crippen molar-refractivity contribution in [2.75, 3.05) is 7.05 Å². The maximum Gasteiger partial charge on any atom is 0.472 e. The average Bonchev–Trinajstić information content (AvgIpc) is 2.39. The minimum atomic E-state index is -0.964. The Labute approximate surface area is 112 Å². The van der Waals surface area contributed by atoms with E-state index in [1.54, 1.807) is 7.05 Å². The summed E-state index contributed by atoms with van der Waals surface area (Å²) in [5.74, 6) is -1.13. The molecule has 0 aromatic heterocycles. The lowest BCUT2D eigenvalue weighted by Crippen LogP contribution is -2.52. The summed E-state index contributed by atoms with van der Waals surface area (Å²) < 4.78 is 5.48. The van der Waals surface area contributed by atoms with Gasteiger partial charge in [0.2, 0.25) is 0 Å². The van der Waals surface area contributed by atoms with Gasteiger partial charge in [-0.25, -0.2) is 0 Å². The van der Waals surface area contributed by atoms with Crippen LogP contribution in [0, 0.1) is 0 Å². The first-order valence-electron chi connectivity index (χ1n) is 6.39. The number of aliphatic carboxylic acids is 1. The van der Waals surface area contributed by atoms with Crippen molar-refractivity contribution in [1.29, 1.82) is 0 Å². The minimum absolute atomic E-state index is 0.0295. The van der Waals surface area contributed by atoms with E-state index in [4.69, 9.17) is 9.76 Å². The highest BCUT2D eigenvalue weighted by Gasteiger charge is 2.41. The van der Waals surface area contributed by atoms with Crippen LogP contribution in [0.4, 0.5) is 0 Å². The normalized spacial score (nSPS) is 27.3. The van der Waals surface area contributed by atoms with Crippen LogP contribution >= 0.6 is 0 Å². The molecule has 0 amide bonds. The molecule has 19 heavy (non-hydrogen) atoms. The number of carbonyl (C=O) groups is 1. The van der Waals surface area contributed by atoms with Crippen molar-refractivity contribution in [2.24, 2.45) is 0 Å². The van der Waals surface area contributed by atoms with Gasteiger partial charge in [-0.05, 0) is 19.0 Å². The van der Waals surface area contributed by atoms with Crippen LogP contribution < -0.4 is 5.32 Å². The van der Waals surface area contributed by atoms with E-state index in [0.29, 0.717) is 6.42 Å². The van der Waals surface area contributed by atoms with Crippen molar-refractivity contribution >= 4 is 13.1 Å². The Balaban J connectivity index is 2.21. The van der Waals surface area contributed by atoms with Crippen LogP contribution in [-0.2, 0) is 9.45 Å². The highest BCUT2D eigenvalue weighted by molar-refractivity contribution is 6.45. The summed E-state index contributed by atoms with van der Waals surface area (Å²) in [5, 5.41) is 21.8. The molecule has 1 fully saturated rings. The van der Waals surface area contributed by atoms with Crippen molar-refractivity contribution in [1.82, 2.24) is 5.32 Å². The molecule has 102 valence electrons. The number of hydrogen-bond acceptors (Lipinski definition) is 4. The summed E-state index contributed by atoms with van der Waals surface area (Å²) in [6.45, 7) is 0. The van der Waals surface area contributed by atoms with Gasteiger partial charge in [0.05, 0.1) is 12.5 Å². The SMILES string of the molecule is CNC1CC(c2ccccc2)C(CC(=O)O)OB1O. The maximum absolute atomic E-state index is 10.9. The molecule has 1 aromatic carbocycles. The van der Waals surface area contributed by atoms with Crippen molar-refractivity contribution in [3.63, 3.8) is 0 Å². The summed E-state index contributed by atoms with van der Waals surface area (Å²) in [4.78, 5) is 10.9. The number of benzene rings is 1. The zero-order valence-electron chi connectivity index (χ0n) is 10.8. The van der Waals surface area contributed by atoms with E-state index < -0.39 is 19.2 Å². The highest BCUT2D eigenvalue weighted by Crippen LogP contribution is 2.33. The van der Waals surface area contributed by atoms with Gasteiger partial charge < -0.3 is 20.1 Å². The number of carboxylic acid groups (broad SMARTS) is 1. The highest BCUT2D eigenvalue weighted by atomic mass is 16.5. The lowest BCUT2D eigenvalue weighted by molar-refractivity contribution is -0.139. The standard InChI is InChI=1S/C13H18BNO4/c1-15-12-7-10(9-5-3-2-4-6-9)11(8-13(16)17)19-14(12)18/h2-6,10-12,15,18H,7-8H2,1H3,(H,16,17). The molecule has 1 aliphatic rings. The Morgan fingerprint density at radius 1 is 1.47 bits per heavy atom. The molecule has 3 N–H and O–H groups in total. The molecular formula is C13H18BNO4. The van der Waals surface area contributed by atoms with E-state index in [-0.39, 0.29) is 18.3 Å². The predicted molar refractivity (Wildman–Crippen MR) is 71.7 cm³/mol. The van der Waals surface area contributed by atoms with E-state index in [1.165, 1.54) is 0 Å². The van der Waals surface area contributed by atoms with Gasteiger partial charge in [0.25, 0.3) is 0 Å². The van der Waals surface area contributed by atoms with Crippen molar-refractivity contribution in [2.45, 2.75) is 30.8 Å². The molecule has 3 unspecified atom stereocenters.